The topological polar surface area (TPSA) is 74.2 Å². The van der Waals surface area contributed by atoms with E-state index in [1.807, 2.05) is 0 Å². The Morgan fingerprint density at radius 2 is 1.92 bits per heavy atom. The molecule has 0 N–H and O–H groups in total. The fourth-order valence-corrected chi connectivity index (χ4v) is 2.96. The Hall–Kier alpha value is -2.77. The average molecular weight is 347 g/mol. The molecule has 0 saturated heterocycles. The lowest BCUT2D eigenvalue weighted by atomic mass is 9.88. The Morgan fingerprint density at radius 3 is 2.68 bits per heavy atom. The monoisotopic (exact) mass is 347 g/mol. The SMILES string of the molecule is C[C@H]1CCc2onc(-c3nnc(-c4ccc(OC(F)F)cc4)o3)c2C1. The summed E-state index contributed by atoms with van der Waals surface area (Å²) in [5.74, 6) is 2.07. The molecule has 0 bridgehead atoms. The molecule has 0 saturated carbocycles. The van der Waals surface area contributed by atoms with Gasteiger partial charge in [-0.2, -0.15) is 8.78 Å². The zero-order chi connectivity index (χ0) is 17.4. The number of alkyl halides is 2. The van der Waals surface area contributed by atoms with Gasteiger partial charge in [0.1, 0.15) is 11.5 Å². The number of ether oxygens (including phenoxy) is 1. The number of benzene rings is 1. The van der Waals surface area contributed by atoms with Gasteiger partial charge in [-0.05, 0) is 43.0 Å². The summed E-state index contributed by atoms with van der Waals surface area (Å²) in [6.45, 7) is -0.677. The predicted octanol–water partition coefficient (Wildman–Crippen LogP) is 4.12. The van der Waals surface area contributed by atoms with Gasteiger partial charge in [-0.1, -0.05) is 12.1 Å². The second-order valence-corrected chi connectivity index (χ2v) is 6.10. The molecule has 1 aliphatic rings. The largest absolute Gasteiger partial charge is 0.435 e. The zero-order valence-electron chi connectivity index (χ0n) is 13.4. The molecule has 3 aromatic rings. The van der Waals surface area contributed by atoms with Gasteiger partial charge in [-0.25, -0.2) is 0 Å². The van der Waals surface area contributed by atoms with Gasteiger partial charge >= 0.3 is 6.61 Å². The minimum Gasteiger partial charge on any atom is -0.435 e. The molecule has 2 heterocycles. The van der Waals surface area contributed by atoms with Crippen molar-refractivity contribution >= 4 is 0 Å². The normalized spacial score (nSPS) is 16.9. The van der Waals surface area contributed by atoms with E-state index >= 15 is 0 Å². The number of aryl methyl sites for hydroxylation is 1. The lowest BCUT2D eigenvalue weighted by Gasteiger charge is -2.15. The van der Waals surface area contributed by atoms with E-state index in [0.717, 1.165) is 30.6 Å². The molecule has 0 unspecified atom stereocenters. The minimum atomic E-state index is -2.86. The molecular formula is C17H15F2N3O3. The maximum atomic E-state index is 12.2. The van der Waals surface area contributed by atoms with E-state index in [1.165, 1.54) is 12.1 Å². The van der Waals surface area contributed by atoms with Crippen LogP contribution < -0.4 is 4.74 Å². The van der Waals surface area contributed by atoms with E-state index in [2.05, 4.69) is 27.0 Å². The number of aromatic nitrogens is 3. The third kappa shape index (κ3) is 3.11. The van der Waals surface area contributed by atoms with Crippen LogP contribution in [0.3, 0.4) is 0 Å². The predicted molar refractivity (Wildman–Crippen MR) is 83.1 cm³/mol. The van der Waals surface area contributed by atoms with Crippen LogP contribution in [-0.4, -0.2) is 22.0 Å². The standard InChI is InChI=1S/C17H15F2N3O3/c1-9-2-7-13-12(8-9)14(22-25-13)16-21-20-15(24-16)10-3-5-11(6-4-10)23-17(18)19/h3-6,9,17H,2,7-8H2,1H3/t9-/m0/s1. The van der Waals surface area contributed by atoms with E-state index in [-0.39, 0.29) is 11.6 Å². The molecule has 1 atom stereocenters. The molecule has 4 rings (SSSR count). The first-order chi connectivity index (χ1) is 12.1. The third-order valence-corrected chi connectivity index (χ3v) is 4.24. The summed E-state index contributed by atoms with van der Waals surface area (Å²) < 4.78 is 39.8. The van der Waals surface area contributed by atoms with Gasteiger partial charge in [0.05, 0.1) is 0 Å². The summed E-state index contributed by atoms with van der Waals surface area (Å²) in [6.07, 6.45) is 2.80. The summed E-state index contributed by atoms with van der Waals surface area (Å²) in [7, 11) is 0. The highest BCUT2D eigenvalue weighted by atomic mass is 19.3. The molecule has 1 aromatic carbocycles. The Kier molecular flexibility index (Phi) is 3.95. The number of nitrogens with zero attached hydrogens (tertiary/aromatic N) is 3. The molecule has 2 aromatic heterocycles. The molecule has 8 heteroatoms. The van der Waals surface area contributed by atoms with Crippen molar-refractivity contribution in [2.75, 3.05) is 0 Å². The van der Waals surface area contributed by atoms with E-state index in [4.69, 9.17) is 8.94 Å². The summed E-state index contributed by atoms with van der Waals surface area (Å²) in [4.78, 5) is 0. The van der Waals surface area contributed by atoms with Crippen molar-refractivity contribution in [3.05, 3.63) is 35.6 Å². The van der Waals surface area contributed by atoms with Gasteiger partial charge in [0.25, 0.3) is 5.89 Å². The van der Waals surface area contributed by atoms with Crippen LogP contribution in [0.15, 0.2) is 33.2 Å². The molecule has 0 spiro atoms. The molecule has 0 fully saturated rings. The van der Waals surface area contributed by atoms with Crippen molar-refractivity contribution in [2.45, 2.75) is 32.8 Å². The van der Waals surface area contributed by atoms with Crippen molar-refractivity contribution < 1.29 is 22.5 Å². The summed E-state index contributed by atoms with van der Waals surface area (Å²) >= 11 is 0. The fourth-order valence-electron chi connectivity index (χ4n) is 2.96. The van der Waals surface area contributed by atoms with Crippen LogP contribution in [0.4, 0.5) is 8.78 Å². The van der Waals surface area contributed by atoms with Crippen LogP contribution in [0, 0.1) is 5.92 Å². The summed E-state index contributed by atoms with van der Waals surface area (Å²) in [6, 6.07) is 6.00. The number of hydrogen-bond donors (Lipinski definition) is 0. The Bertz CT molecular complexity index is 874. The number of fused-ring (bicyclic) bond motifs is 1. The number of rotatable bonds is 4. The highest BCUT2D eigenvalue weighted by Gasteiger charge is 2.27. The molecule has 1 aliphatic carbocycles. The summed E-state index contributed by atoms with van der Waals surface area (Å²) in [5, 5.41) is 12.1. The highest BCUT2D eigenvalue weighted by Crippen LogP contribution is 2.34. The lowest BCUT2D eigenvalue weighted by molar-refractivity contribution is -0.0498. The molecule has 25 heavy (non-hydrogen) atoms. The first-order valence-corrected chi connectivity index (χ1v) is 7.96. The van der Waals surface area contributed by atoms with Gasteiger partial charge in [0.2, 0.25) is 5.89 Å². The second-order valence-electron chi connectivity index (χ2n) is 6.10. The Balaban J connectivity index is 1.60. The van der Waals surface area contributed by atoms with Gasteiger partial charge in [-0.3, -0.25) is 0 Å². The van der Waals surface area contributed by atoms with Crippen LogP contribution in [0.25, 0.3) is 23.0 Å². The summed E-state index contributed by atoms with van der Waals surface area (Å²) in [5.41, 5.74) is 2.21. The van der Waals surface area contributed by atoms with Gasteiger partial charge in [0.15, 0.2) is 5.69 Å². The average Bonchev–Trinajstić information content (AvgIpc) is 3.21. The van der Waals surface area contributed by atoms with E-state index in [0.29, 0.717) is 23.1 Å². The zero-order valence-corrected chi connectivity index (χ0v) is 13.4. The van der Waals surface area contributed by atoms with Crippen LogP contribution in [0.5, 0.6) is 5.75 Å². The third-order valence-electron chi connectivity index (χ3n) is 4.24. The van der Waals surface area contributed by atoms with Crippen molar-refractivity contribution in [2.24, 2.45) is 5.92 Å². The number of hydrogen-bond acceptors (Lipinski definition) is 6. The van der Waals surface area contributed by atoms with E-state index in [1.54, 1.807) is 12.1 Å². The van der Waals surface area contributed by atoms with E-state index < -0.39 is 6.61 Å². The first-order valence-electron chi connectivity index (χ1n) is 7.96. The van der Waals surface area contributed by atoms with Gasteiger partial charge in [-0.15, -0.1) is 10.2 Å². The van der Waals surface area contributed by atoms with Crippen molar-refractivity contribution in [3.63, 3.8) is 0 Å². The Labute approximate surface area is 141 Å². The van der Waals surface area contributed by atoms with Crippen LogP contribution >= 0.6 is 0 Å². The molecule has 130 valence electrons. The smallest absolute Gasteiger partial charge is 0.387 e. The van der Waals surface area contributed by atoms with Crippen molar-refractivity contribution in [1.82, 2.24) is 15.4 Å². The molecule has 0 amide bonds. The highest BCUT2D eigenvalue weighted by molar-refractivity contribution is 5.59. The molecule has 0 aliphatic heterocycles. The van der Waals surface area contributed by atoms with Crippen molar-refractivity contribution in [3.8, 4) is 28.8 Å². The Morgan fingerprint density at radius 1 is 1.16 bits per heavy atom. The molecule has 6 nitrogen and oxygen atoms in total. The van der Waals surface area contributed by atoms with Crippen LogP contribution in [0.1, 0.15) is 24.7 Å². The minimum absolute atomic E-state index is 0.0676. The van der Waals surface area contributed by atoms with Gasteiger partial charge < -0.3 is 13.7 Å². The first kappa shape index (κ1) is 15.7. The lowest BCUT2D eigenvalue weighted by Crippen LogP contribution is -2.09. The maximum absolute atomic E-state index is 12.2. The fraction of sp³-hybridized carbons (Fsp3) is 0.353. The molecule has 0 radical (unpaired) electrons. The van der Waals surface area contributed by atoms with E-state index in [9.17, 15) is 8.78 Å². The van der Waals surface area contributed by atoms with Crippen molar-refractivity contribution in [1.29, 1.82) is 0 Å². The quantitative estimate of drug-likeness (QED) is 0.707. The second kappa shape index (κ2) is 6.27. The number of halogens is 2. The van der Waals surface area contributed by atoms with Crippen LogP contribution in [0.2, 0.25) is 0 Å². The van der Waals surface area contributed by atoms with Crippen LogP contribution in [-0.2, 0) is 12.8 Å². The molecular weight excluding hydrogens is 332 g/mol. The maximum Gasteiger partial charge on any atom is 0.387 e. The van der Waals surface area contributed by atoms with Gasteiger partial charge in [0, 0.05) is 17.5 Å².